The summed E-state index contributed by atoms with van der Waals surface area (Å²) in [6.07, 6.45) is -2.59. The van der Waals surface area contributed by atoms with Crippen LogP contribution < -0.4 is 10.5 Å². The van der Waals surface area contributed by atoms with Crippen molar-refractivity contribution in [2.45, 2.75) is 31.1 Å². The fourth-order valence-corrected chi connectivity index (χ4v) is 4.56. The summed E-state index contributed by atoms with van der Waals surface area (Å²) in [5.74, 6) is 0.723. The van der Waals surface area contributed by atoms with Gasteiger partial charge in [0.25, 0.3) is 0 Å². The second kappa shape index (κ2) is 8.48. The van der Waals surface area contributed by atoms with Crippen molar-refractivity contribution in [2.24, 2.45) is 5.73 Å². The lowest BCUT2D eigenvalue weighted by Crippen LogP contribution is -2.43. The molecule has 4 heterocycles. The second-order valence-corrected chi connectivity index (χ2v) is 9.00. The predicted molar refractivity (Wildman–Crippen MR) is 122 cm³/mol. The van der Waals surface area contributed by atoms with Gasteiger partial charge < -0.3 is 10.5 Å². The number of aromatic nitrogens is 4. The SMILES string of the molecule is C[C@@]1(N)CCN([C@H](c2ccc3nnc(-c4ccc5cccc(OCC#N)c5n4)n3c2)C(F)(F)F)C1. The van der Waals surface area contributed by atoms with Crippen molar-refractivity contribution in [3.05, 3.63) is 54.2 Å². The number of ether oxygens (including phenoxy) is 1. The van der Waals surface area contributed by atoms with Gasteiger partial charge >= 0.3 is 6.18 Å². The van der Waals surface area contributed by atoms with Crippen molar-refractivity contribution >= 4 is 16.6 Å². The Hall–Kier alpha value is -3.75. The van der Waals surface area contributed by atoms with Gasteiger partial charge in [0.1, 0.15) is 29.1 Å². The van der Waals surface area contributed by atoms with Crippen molar-refractivity contribution in [1.29, 1.82) is 5.26 Å². The molecule has 1 aliphatic heterocycles. The summed E-state index contributed by atoms with van der Waals surface area (Å²) in [5.41, 5.74) is 6.84. The lowest BCUT2D eigenvalue weighted by Gasteiger charge is -2.31. The number of benzene rings is 1. The number of nitrogens with two attached hydrogens (primary N) is 1. The molecule has 0 unspecified atom stereocenters. The summed E-state index contributed by atoms with van der Waals surface area (Å²) in [5, 5.41) is 17.9. The van der Waals surface area contributed by atoms with Gasteiger partial charge in [-0.05, 0) is 37.1 Å². The first-order valence-corrected chi connectivity index (χ1v) is 11.0. The van der Waals surface area contributed by atoms with E-state index in [0.717, 1.165) is 5.39 Å². The second-order valence-electron chi connectivity index (χ2n) is 9.00. The number of fused-ring (bicyclic) bond motifs is 2. The fraction of sp³-hybridized carbons (Fsp3) is 0.333. The number of likely N-dealkylation sites (tertiary alicyclic amines) is 1. The molecule has 1 aromatic carbocycles. The normalized spacial score (nSPS) is 19.8. The molecule has 0 saturated carbocycles. The van der Waals surface area contributed by atoms with E-state index >= 15 is 0 Å². The first kappa shape index (κ1) is 23.0. The van der Waals surface area contributed by atoms with Gasteiger partial charge in [0.15, 0.2) is 18.1 Å². The molecule has 4 aromatic rings. The summed E-state index contributed by atoms with van der Waals surface area (Å²) in [7, 11) is 0. The fourth-order valence-electron chi connectivity index (χ4n) is 4.56. The number of alkyl halides is 3. The van der Waals surface area contributed by atoms with Gasteiger partial charge in [-0.1, -0.05) is 24.3 Å². The average Bonchev–Trinajstić information content (AvgIpc) is 3.39. The zero-order valence-corrected chi connectivity index (χ0v) is 18.8. The van der Waals surface area contributed by atoms with Crippen LogP contribution in [0, 0.1) is 11.3 Å². The monoisotopic (exact) mass is 481 g/mol. The number of nitriles is 1. The molecule has 0 bridgehead atoms. The number of hydrogen-bond acceptors (Lipinski definition) is 7. The maximum absolute atomic E-state index is 14.2. The number of para-hydroxylation sites is 1. The zero-order chi connectivity index (χ0) is 24.8. The molecule has 2 atom stereocenters. The minimum Gasteiger partial charge on any atom is -0.476 e. The van der Waals surface area contributed by atoms with Crippen molar-refractivity contribution in [3.63, 3.8) is 0 Å². The van der Waals surface area contributed by atoms with E-state index in [1.807, 2.05) is 18.2 Å². The van der Waals surface area contributed by atoms with Crippen molar-refractivity contribution in [1.82, 2.24) is 24.5 Å². The lowest BCUT2D eigenvalue weighted by atomic mass is 10.0. The molecule has 0 spiro atoms. The van der Waals surface area contributed by atoms with Gasteiger partial charge in [-0.25, -0.2) is 4.98 Å². The van der Waals surface area contributed by atoms with E-state index in [-0.39, 0.29) is 25.3 Å². The van der Waals surface area contributed by atoms with E-state index in [1.54, 1.807) is 25.1 Å². The summed E-state index contributed by atoms with van der Waals surface area (Å²) in [6, 6.07) is 11.9. The third-order valence-electron chi connectivity index (χ3n) is 6.16. The van der Waals surface area contributed by atoms with E-state index in [1.165, 1.54) is 27.6 Å². The molecule has 0 radical (unpaired) electrons. The van der Waals surface area contributed by atoms with Crippen LogP contribution in [0.4, 0.5) is 13.2 Å². The van der Waals surface area contributed by atoms with Crippen LogP contribution >= 0.6 is 0 Å². The molecule has 0 amide bonds. The molecule has 5 rings (SSSR count). The smallest absolute Gasteiger partial charge is 0.408 e. The van der Waals surface area contributed by atoms with Crippen molar-refractivity contribution in [3.8, 4) is 23.3 Å². The highest BCUT2D eigenvalue weighted by Crippen LogP contribution is 2.41. The van der Waals surface area contributed by atoms with Crippen LogP contribution in [-0.2, 0) is 0 Å². The maximum atomic E-state index is 14.2. The number of nitrogens with zero attached hydrogens (tertiary/aromatic N) is 6. The quantitative estimate of drug-likeness (QED) is 0.461. The number of halogens is 3. The third-order valence-corrected chi connectivity index (χ3v) is 6.16. The highest BCUT2D eigenvalue weighted by molar-refractivity contribution is 5.86. The molecule has 0 aliphatic carbocycles. The van der Waals surface area contributed by atoms with E-state index < -0.39 is 17.8 Å². The maximum Gasteiger partial charge on any atom is 0.408 e. The van der Waals surface area contributed by atoms with Gasteiger partial charge in [-0.15, -0.1) is 10.2 Å². The van der Waals surface area contributed by atoms with Gasteiger partial charge in [0.05, 0.1) is 0 Å². The standard InChI is InChI=1S/C24H22F3N7O/c1-23(29)9-11-33(14-23)21(24(25,26)27)16-6-8-19-31-32-22(34(19)13-16)17-7-5-15-3-2-4-18(20(15)30-17)35-12-10-28/h2-8,13,21H,9,11-12,14,29H2,1H3/t21-,23-/m1/s1. The van der Waals surface area contributed by atoms with Gasteiger partial charge in [0.2, 0.25) is 0 Å². The molecule has 180 valence electrons. The summed E-state index contributed by atoms with van der Waals surface area (Å²) < 4.78 is 49.6. The molecule has 8 nitrogen and oxygen atoms in total. The highest BCUT2D eigenvalue weighted by atomic mass is 19.4. The van der Waals surface area contributed by atoms with Crippen LogP contribution in [0.2, 0.25) is 0 Å². The zero-order valence-electron chi connectivity index (χ0n) is 18.8. The summed E-state index contributed by atoms with van der Waals surface area (Å²) in [6.45, 7) is 2.02. The number of pyridine rings is 2. The molecule has 35 heavy (non-hydrogen) atoms. The molecule has 1 saturated heterocycles. The van der Waals surface area contributed by atoms with E-state index in [4.69, 9.17) is 15.7 Å². The Morgan fingerprint density at radius 1 is 1.20 bits per heavy atom. The first-order valence-electron chi connectivity index (χ1n) is 11.0. The van der Waals surface area contributed by atoms with E-state index in [2.05, 4.69) is 15.2 Å². The van der Waals surface area contributed by atoms with Crippen LogP contribution in [0.3, 0.4) is 0 Å². The van der Waals surface area contributed by atoms with Crippen LogP contribution in [-0.4, -0.2) is 55.9 Å². The molecule has 1 aliphatic rings. The molecule has 3 aromatic heterocycles. The van der Waals surface area contributed by atoms with Crippen molar-refractivity contribution < 1.29 is 17.9 Å². The lowest BCUT2D eigenvalue weighted by molar-refractivity contribution is -0.184. The van der Waals surface area contributed by atoms with Crippen LogP contribution in [0.25, 0.3) is 28.1 Å². The molecule has 11 heteroatoms. The Morgan fingerprint density at radius 3 is 2.74 bits per heavy atom. The molecular formula is C24H22F3N7O. The summed E-state index contributed by atoms with van der Waals surface area (Å²) >= 11 is 0. The van der Waals surface area contributed by atoms with Crippen LogP contribution in [0.5, 0.6) is 5.75 Å². The summed E-state index contributed by atoms with van der Waals surface area (Å²) in [4.78, 5) is 6.01. The average molecular weight is 481 g/mol. The van der Waals surface area contributed by atoms with Gasteiger partial charge in [-0.2, -0.15) is 18.4 Å². The van der Waals surface area contributed by atoms with E-state index in [0.29, 0.717) is 34.9 Å². The molecule has 1 fully saturated rings. The minimum atomic E-state index is -4.49. The Morgan fingerprint density at radius 2 is 2.03 bits per heavy atom. The Bertz CT molecular complexity index is 1440. The Balaban J connectivity index is 1.59. The number of rotatable bonds is 5. The minimum absolute atomic E-state index is 0.0718. The topological polar surface area (TPSA) is 105 Å². The number of hydrogen-bond donors (Lipinski definition) is 1. The van der Waals surface area contributed by atoms with Crippen LogP contribution in [0.1, 0.15) is 24.9 Å². The Kier molecular flexibility index (Phi) is 5.57. The molecular weight excluding hydrogens is 459 g/mol. The van der Waals surface area contributed by atoms with Crippen LogP contribution in [0.15, 0.2) is 48.7 Å². The predicted octanol–water partition coefficient (Wildman–Crippen LogP) is 3.87. The molecule has 2 N–H and O–H groups in total. The third kappa shape index (κ3) is 4.38. The van der Waals surface area contributed by atoms with Gasteiger partial charge in [-0.3, -0.25) is 9.30 Å². The largest absolute Gasteiger partial charge is 0.476 e. The van der Waals surface area contributed by atoms with E-state index in [9.17, 15) is 13.2 Å². The first-order chi connectivity index (χ1) is 16.7. The van der Waals surface area contributed by atoms with Gasteiger partial charge in [0, 0.05) is 30.2 Å². The van der Waals surface area contributed by atoms with Crippen molar-refractivity contribution in [2.75, 3.05) is 19.7 Å². The Labute approximate surface area is 198 Å². The highest BCUT2D eigenvalue weighted by Gasteiger charge is 2.48.